The van der Waals surface area contributed by atoms with Crippen molar-refractivity contribution in [1.29, 1.82) is 0 Å². The van der Waals surface area contributed by atoms with Crippen LogP contribution in [-0.4, -0.2) is 15.2 Å². The molecular formula is C24H17Cl2N3O2S. The van der Waals surface area contributed by atoms with E-state index >= 15 is 0 Å². The van der Waals surface area contributed by atoms with Gasteiger partial charge in [0.1, 0.15) is 23.3 Å². The van der Waals surface area contributed by atoms with Gasteiger partial charge < -0.3 is 19.7 Å². The Morgan fingerprint density at radius 3 is 2.56 bits per heavy atom. The normalized spacial score (nSPS) is 18.1. The molecule has 0 radical (unpaired) electrons. The summed E-state index contributed by atoms with van der Waals surface area (Å²) in [5.41, 5.74) is 2.12. The average molecular weight is 482 g/mol. The fraction of sp³-hybridized carbons (Fsp3) is 0.0833. The van der Waals surface area contributed by atoms with Gasteiger partial charge in [0.2, 0.25) is 0 Å². The van der Waals surface area contributed by atoms with Crippen LogP contribution in [-0.2, 0) is 0 Å². The second-order valence-corrected chi connectivity index (χ2v) is 8.54. The largest absolute Gasteiger partial charge is 0.506 e. The maximum Gasteiger partial charge on any atom is 0.174 e. The molecule has 0 bridgehead atoms. The molecule has 2 aromatic carbocycles. The van der Waals surface area contributed by atoms with Gasteiger partial charge in [-0.2, -0.15) is 0 Å². The lowest BCUT2D eigenvalue weighted by Crippen LogP contribution is -2.29. The zero-order chi connectivity index (χ0) is 22.2. The number of halogens is 2. The van der Waals surface area contributed by atoms with Crippen LogP contribution in [0.5, 0.6) is 5.75 Å². The third-order valence-electron chi connectivity index (χ3n) is 5.35. The molecule has 0 aliphatic carbocycles. The standard InChI is InChI=1S/C24H17Cl2N3O2S/c25-14-8-9-15(16(26)13-14)20-10-11-21(31-20)23-22(17-5-3-4-12-27-17)28-24(32)29(23)18-6-1-2-7-19(18)30/h1-13,22-23,30H,(H,28,32)/t22-,23-/m0/s1. The maximum atomic E-state index is 10.6. The molecule has 5 rings (SSSR count). The minimum Gasteiger partial charge on any atom is -0.506 e. The van der Waals surface area contributed by atoms with E-state index in [2.05, 4.69) is 10.3 Å². The molecule has 1 saturated heterocycles. The molecule has 1 aliphatic rings. The molecule has 1 fully saturated rings. The molecule has 0 spiro atoms. The number of aromatic nitrogens is 1. The molecule has 1 aliphatic heterocycles. The van der Waals surface area contributed by atoms with Crippen LogP contribution in [0.3, 0.4) is 0 Å². The number of nitrogens with one attached hydrogen (secondary N) is 1. The Labute approximate surface area is 200 Å². The first-order chi connectivity index (χ1) is 15.5. The SMILES string of the molecule is Oc1ccccc1N1C(=S)N[C@@H](c2ccccn2)[C@@H]1c1ccc(-c2ccc(Cl)cc2Cl)o1. The number of hydrogen-bond donors (Lipinski definition) is 2. The van der Waals surface area contributed by atoms with Gasteiger partial charge >= 0.3 is 0 Å². The second kappa shape index (κ2) is 8.47. The maximum absolute atomic E-state index is 10.6. The van der Waals surface area contributed by atoms with Crippen molar-refractivity contribution in [2.45, 2.75) is 12.1 Å². The van der Waals surface area contributed by atoms with Crippen molar-refractivity contribution in [3.8, 4) is 17.1 Å². The van der Waals surface area contributed by atoms with Gasteiger partial charge in [0, 0.05) is 16.8 Å². The Morgan fingerprint density at radius 1 is 1.00 bits per heavy atom. The van der Waals surface area contributed by atoms with E-state index in [1.165, 1.54) is 0 Å². The summed E-state index contributed by atoms with van der Waals surface area (Å²) in [7, 11) is 0. The number of pyridine rings is 1. The lowest BCUT2D eigenvalue weighted by atomic mass is 10.0. The molecule has 0 unspecified atom stereocenters. The van der Waals surface area contributed by atoms with Crippen LogP contribution in [0.15, 0.2) is 83.4 Å². The highest BCUT2D eigenvalue weighted by molar-refractivity contribution is 7.80. The van der Waals surface area contributed by atoms with Crippen LogP contribution in [0, 0.1) is 0 Å². The van der Waals surface area contributed by atoms with Gasteiger partial charge in [0.05, 0.1) is 22.4 Å². The van der Waals surface area contributed by atoms with Gasteiger partial charge in [-0.1, -0.05) is 41.4 Å². The first-order valence-electron chi connectivity index (χ1n) is 9.87. The monoisotopic (exact) mass is 481 g/mol. The van der Waals surface area contributed by atoms with Crippen molar-refractivity contribution in [3.05, 3.63) is 100 Å². The zero-order valence-corrected chi connectivity index (χ0v) is 18.9. The number of benzene rings is 2. The van der Waals surface area contributed by atoms with E-state index in [1.807, 2.05) is 53.4 Å². The molecule has 160 valence electrons. The lowest BCUT2D eigenvalue weighted by Gasteiger charge is -2.26. The van der Waals surface area contributed by atoms with Gasteiger partial charge in [0.25, 0.3) is 0 Å². The van der Waals surface area contributed by atoms with Crippen molar-refractivity contribution >= 4 is 46.2 Å². The average Bonchev–Trinajstić information content (AvgIpc) is 3.39. The third kappa shape index (κ3) is 3.71. The number of furan rings is 1. The molecule has 2 N–H and O–H groups in total. The summed E-state index contributed by atoms with van der Waals surface area (Å²) in [6.07, 6.45) is 1.74. The predicted octanol–water partition coefficient (Wildman–Crippen LogP) is 6.53. The Kier molecular flexibility index (Phi) is 5.51. The summed E-state index contributed by atoms with van der Waals surface area (Å²) < 4.78 is 6.29. The predicted molar refractivity (Wildman–Crippen MR) is 130 cm³/mol. The number of thiocarbonyl (C=S) groups is 1. The molecule has 32 heavy (non-hydrogen) atoms. The topological polar surface area (TPSA) is 61.5 Å². The number of phenols is 1. The molecule has 4 aromatic rings. The van der Waals surface area contributed by atoms with E-state index in [-0.39, 0.29) is 17.8 Å². The molecule has 0 amide bonds. The Balaban J connectivity index is 1.62. The molecule has 3 heterocycles. The highest BCUT2D eigenvalue weighted by atomic mass is 35.5. The first-order valence-corrected chi connectivity index (χ1v) is 11.0. The fourth-order valence-corrected chi connectivity index (χ4v) is 4.76. The highest BCUT2D eigenvalue weighted by Crippen LogP contribution is 2.45. The smallest absolute Gasteiger partial charge is 0.174 e. The van der Waals surface area contributed by atoms with Gasteiger partial charge in [0.15, 0.2) is 5.11 Å². The molecule has 0 saturated carbocycles. The Hall–Kier alpha value is -3.06. The fourth-order valence-electron chi connectivity index (χ4n) is 3.92. The summed E-state index contributed by atoms with van der Waals surface area (Å²) in [6, 6.07) is 21.1. The van der Waals surface area contributed by atoms with Crippen LogP contribution in [0.25, 0.3) is 11.3 Å². The number of phenolic OH excluding ortho intramolecular Hbond substituents is 1. The van der Waals surface area contributed by atoms with Gasteiger partial charge in [-0.3, -0.25) is 4.98 Å². The third-order valence-corrected chi connectivity index (χ3v) is 6.22. The van der Waals surface area contributed by atoms with Crippen LogP contribution in [0.4, 0.5) is 5.69 Å². The number of anilines is 1. The van der Waals surface area contributed by atoms with Crippen molar-refractivity contribution in [2.24, 2.45) is 0 Å². The Morgan fingerprint density at radius 2 is 1.81 bits per heavy atom. The number of hydrogen-bond acceptors (Lipinski definition) is 4. The van der Waals surface area contributed by atoms with Crippen LogP contribution in [0.1, 0.15) is 23.5 Å². The van der Waals surface area contributed by atoms with Crippen LogP contribution in [0.2, 0.25) is 10.0 Å². The van der Waals surface area contributed by atoms with E-state index < -0.39 is 0 Å². The van der Waals surface area contributed by atoms with Crippen LogP contribution < -0.4 is 10.2 Å². The van der Waals surface area contributed by atoms with Gasteiger partial charge in [-0.05, 0) is 66.8 Å². The van der Waals surface area contributed by atoms with E-state index in [9.17, 15) is 5.11 Å². The lowest BCUT2D eigenvalue weighted by molar-refractivity contribution is 0.434. The molecular weight excluding hydrogens is 465 g/mol. The van der Waals surface area contributed by atoms with Crippen molar-refractivity contribution in [3.63, 3.8) is 0 Å². The second-order valence-electron chi connectivity index (χ2n) is 7.31. The van der Waals surface area contributed by atoms with Gasteiger partial charge in [-0.25, -0.2) is 0 Å². The van der Waals surface area contributed by atoms with Crippen molar-refractivity contribution < 1.29 is 9.52 Å². The van der Waals surface area contributed by atoms with Crippen molar-refractivity contribution in [1.82, 2.24) is 10.3 Å². The first kappa shape index (κ1) is 20.8. The summed E-state index contributed by atoms with van der Waals surface area (Å²) in [6.45, 7) is 0. The van der Waals surface area contributed by atoms with E-state index in [1.54, 1.807) is 30.5 Å². The number of aromatic hydroxyl groups is 1. The van der Waals surface area contributed by atoms with Gasteiger partial charge in [-0.15, -0.1) is 0 Å². The molecule has 2 atom stereocenters. The van der Waals surface area contributed by atoms with Crippen molar-refractivity contribution in [2.75, 3.05) is 4.90 Å². The summed E-state index contributed by atoms with van der Waals surface area (Å²) in [5, 5.41) is 15.4. The van der Waals surface area contributed by atoms with Crippen LogP contribution >= 0.6 is 35.4 Å². The summed E-state index contributed by atoms with van der Waals surface area (Å²) in [4.78, 5) is 6.38. The quantitative estimate of drug-likeness (QED) is 0.323. The highest BCUT2D eigenvalue weighted by Gasteiger charge is 2.43. The molecule has 5 nitrogen and oxygen atoms in total. The minimum absolute atomic E-state index is 0.121. The number of para-hydroxylation sites is 2. The Bertz CT molecular complexity index is 1300. The van der Waals surface area contributed by atoms with E-state index in [0.717, 1.165) is 11.3 Å². The minimum atomic E-state index is -0.384. The number of rotatable bonds is 4. The summed E-state index contributed by atoms with van der Waals surface area (Å²) in [5.74, 6) is 1.38. The zero-order valence-electron chi connectivity index (χ0n) is 16.6. The van der Waals surface area contributed by atoms with E-state index in [4.69, 9.17) is 39.8 Å². The summed E-state index contributed by atoms with van der Waals surface area (Å²) >= 11 is 18.1. The number of nitrogens with zero attached hydrogens (tertiary/aromatic N) is 2. The van der Waals surface area contributed by atoms with E-state index in [0.29, 0.717) is 32.4 Å². The molecule has 8 heteroatoms. The molecule has 2 aromatic heterocycles.